The lowest BCUT2D eigenvalue weighted by Gasteiger charge is -2.12. The molecule has 0 heterocycles. The summed E-state index contributed by atoms with van der Waals surface area (Å²) >= 11 is 0. The van der Waals surface area contributed by atoms with E-state index in [1.54, 1.807) is 19.2 Å². The lowest BCUT2D eigenvalue weighted by atomic mass is 10.1. The van der Waals surface area contributed by atoms with Crippen molar-refractivity contribution in [2.24, 2.45) is 0 Å². The zero-order valence-electron chi connectivity index (χ0n) is 10.4. The highest BCUT2D eigenvalue weighted by atomic mass is 32.2. The van der Waals surface area contributed by atoms with Crippen LogP contribution in [0.2, 0.25) is 0 Å². The molecular weight excluding hydrogens is 250 g/mol. The zero-order valence-corrected chi connectivity index (χ0v) is 11.3. The lowest BCUT2D eigenvalue weighted by molar-refractivity contribution is 0.409. The van der Waals surface area contributed by atoms with Gasteiger partial charge < -0.3 is 4.74 Å². The van der Waals surface area contributed by atoms with Crippen molar-refractivity contribution >= 4 is 9.84 Å². The van der Waals surface area contributed by atoms with Gasteiger partial charge in [0.05, 0.1) is 18.1 Å². The highest BCUT2D eigenvalue weighted by Gasteiger charge is 2.56. The summed E-state index contributed by atoms with van der Waals surface area (Å²) in [6.07, 6.45) is 1.55. The van der Waals surface area contributed by atoms with E-state index in [-0.39, 0.29) is 4.90 Å². The number of methoxy groups -OCH3 is 1. The molecule has 0 amide bonds. The van der Waals surface area contributed by atoms with Crippen molar-refractivity contribution in [2.75, 3.05) is 7.11 Å². The number of aryl methyl sites for hydroxylation is 1. The fourth-order valence-electron chi connectivity index (χ4n) is 1.98. The first-order chi connectivity index (χ1) is 8.50. The predicted octanol–water partition coefficient (Wildman–Crippen LogP) is 2.09. The maximum absolute atomic E-state index is 12.4. The normalized spacial score (nSPS) is 16.9. The molecular formula is C13H15NO3S. The number of nitriles is 1. The van der Waals surface area contributed by atoms with Crippen LogP contribution in [0.5, 0.6) is 5.75 Å². The molecule has 1 aromatic rings. The molecule has 0 aliphatic heterocycles. The van der Waals surface area contributed by atoms with Crippen LogP contribution < -0.4 is 4.74 Å². The van der Waals surface area contributed by atoms with Gasteiger partial charge in [-0.3, -0.25) is 0 Å². The first-order valence-electron chi connectivity index (χ1n) is 5.83. The summed E-state index contributed by atoms with van der Waals surface area (Å²) in [5, 5.41) is 9.03. The fraction of sp³-hybridized carbons (Fsp3) is 0.462. The van der Waals surface area contributed by atoms with Crippen molar-refractivity contribution in [3.05, 3.63) is 23.8 Å². The van der Waals surface area contributed by atoms with Gasteiger partial charge in [-0.25, -0.2) is 8.42 Å². The Kier molecular flexibility index (Phi) is 3.07. The molecule has 5 heteroatoms. The Morgan fingerprint density at radius 2 is 2.11 bits per heavy atom. The van der Waals surface area contributed by atoms with Gasteiger partial charge in [0.2, 0.25) is 0 Å². The second-order valence-electron chi connectivity index (χ2n) is 4.44. The van der Waals surface area contributed by atoms with E-state index in [2.05, 4.69) is 0 Å². The first-order valence-corrected chi connectivity index (χ1v) is 7.32. The van der Waals surface area contributed by atoms with Crippen molar-refractivity contribution in [2.45, 2.75) is 35.8 Å². The number of ether oxygens (including phenoxy) is 1. The topological polar surface area (TPSA) is 67.2 Å². The van der Waals surface area contributed by atoms with Crippen molar-refractivity contribution in [3.8, 4) is 11.8 Å². The van der Waals surface area contributed by atoms with Gasteiger partial charge in [-0.15, -0.1) is 0 Å². The van der Waals surface area contributed by atoms with E-state index < -0.39 is 14.6 Å². The lowest BCUT2D eigenvalue weighted by Crippen LogP contribution is -2.21. The molecule has 1 fully saturated rings. The van der Waals surface area contributed by atoms with Crippen LogP contribution in [-0.2, 0) is 16.3 Å². The summed E-state index contributed by atoms with van der Waals surface area (Å²) < 4.78 is 28.7. The number of sulfone groups is 1. The molecule has 2 rings (SSSR count). The Balaban J connectivity index is 2.51. The fourth-order valence-corrected chi connectivity index (χ4v) is 3.73. The van der Waals surface area contributed by atoms with Crippen LogP contribution in [0.4, 0.5) is 0 Å². The molecule has 18 heavy (non-hydrogen) atoms. The van der Waals surface area contributed by atoms with Gasteiger partial charge in [0.1, 0.15) is 5.75 Å². The molecule has 1 saturated carbocycles. The van der Waals surface area contributed by atoms with Gasteiger partial charge in [-0.05, 0) is 43.0 Å². The standard InChI is InChI=1S/C13H15NO3S/c1-3-10-8-11(4-5-12(10)17-2)18(15,16)13(9-14)6-7-13/h4-5,8H,3,6-7H2,1-2H3. The predicted molar refractivity (Wildman–Crippen MR) is 67.1 cm³/mol. The quantitative estimate of drug-likeness (QED) is 0.836. The second kappa shape index (κ2) is 4.29. The van der Waals surface area contributed by atoms with Gasteiger partial charge in [0.15, 0.2) is 14.6 Å². The Morgan fingerprint density at radius 3 is 2.56 bits per heavy atom. The van der Waals surface area contributed by atoms with E-state index in [9.17, 15) is 8.42 Å². The SMILES string of the molecule is CCc1cc(S(=O)(=O)C2(C#N)CC2)ccc1OC. The van der Waals surface area contributed by atoms with E-state index in [0.29, 0.717) is 25.0 Å². The maximum atomic E-state index is 12.4. The summed E-state index contributed by atoms with van der Waals surface area (Å²) in [7, 11) is -2.00. The van der Waals surface area contributed by atoms with E-state index in [1.165, 1.54) is 6.07 Å². The van der Waals surface area contributed by atoms with E-state index in [4.69, 9.17) is 10.00 Å². The van der Waals surface area contributed by atoms with Gasteiger partial charge in [-0.2, -0.15) is 5.26 Å². The largest absolute Gasteiger partial charge is 0.496 e. The van der Waals surface area contributed by atoms with Crippen molar-refractivity contribution in [1.29, 1.82) is 5.26 Å². The van der Waals surface area contributed by atoms with Crippen LogP contribution in [0.3, 0.4) is 0 Å². The van der Waals surface area contributed by atoms with Crippen LogP contribution in [0, 0.1) is 11.3 Å². The smallest absolute Gasteiger partial charge is 0.197 e. The Labute approximate surface area is 107 Å². The molecule has 0 N–H and O–H groups in total. The molecule has 0 radical (unpaired) electrons. The number of hydrogen-bond acceptors (Lipinski definition) is 4. The second-order valence-corrected chi connectivity index (χ2v) is 6.70. The van der Waals surface area contributed by atoms with Crippen LogP contribution in [0.25, 0.3) is 0 Å². The average molecular weight is 265 g/mol. The molecule has 0 bridgehead atoms. The minimum absolute atomic E-state index is 0.221. The number of benzene rings is 1. The molecule has 1 aliphatic carbocycles. The van der Waals surface area contributed by atoms with Crippen LogP contribution in [0.1, 0.15) is 25.3 Å². The van der Waals surface area contributed by atoms with Crippen molar-refractivity contribution in [3.63, 3.8) is 0 Å². The zero-order chi connectivity index (χ0) is 13.4. The summed E-state index contributed by atoms with van der Waals surface area (Å²) in [4.78, 5) is 0.221. The maximum Gasteiger partial charge on any atom is 0.197 e. The molecule has 1 aromatic carbocycles. The Hall–Kier alpha value is -1.54. The van der Waals surface area contributed by atoms with Crippen LogP contribution >= 0.6 is 0 Å². The summed E-state index contributed by atoms with van der Waals surface area (Å²) in [5.41, 5.74) is 0.840. The third-order valence-electron chi connectivity index (χ3n) is 3.37. The third kappa shape index (κ3) is 1.77. The highest BCUT2D eigenvalue weighted by Crippen LogP contribution is 2.46. The molecule has 96 valence electrons. The Morgan fingerprint density at radius 1 is 1.44 bits per heavy atom. The van der Waals surface area contributed by atoms with Crippen LogP contribution in [-0.4, -0.2) is 20.3 Å². The Bertz CT molecular complexity index is 610. The van der Waals surface area contributed by atoms with E-state index in [0.717, 1.165) is 5.56 Å². The molecule has 4 nitrogen and oxygen atoms in total. The van der Waals surface area contributed by atoms with Gasteiger partial charge in [-0.1, -0.05) is 6.92 Å². The van der Waals surface area contributed by atoms with Crippen molar-refractivity contribution < 1.29 is 13.2 Å². The van der Waals surface area contributed by atoms with E-state index >= 15 is 0 Å². The first kappa shape index (κ1) is 12.9. The number of nitrogens with zero attached hydrogens (tertiary/aromatic N) is 1. The summed E-state index contributed by atoms with van der Waals surface area (Å²) in [6, 6.07) is 6.73. The summed E-state index contributed by atoms with van der Waals surface area (Å²) in [6.45, 7) is 1.94. The molecule has 0 spiro atoms. The van der Waals surface area contributed by atoms with Crippen molar-refractivity contribution in [1.82, 2.24) is 0 Å². The average Bonchev–Trinajstić information content (AvgIpc) is 3.19. The monoisotopic (exact) mass is 265 g/mol. The molecule has 0 saturated heterocycles. The van der Waals surface area contributed by atoms with Crippen LogP contribution in [0.15, 0.2) is 23.1 Å². The number of hydrogen-bond donors (Lipinski definition) is 0. The molecule has 0 aromatic heterocycles. The van der Waals surface area contributed by atoms with E-state index in [1.807, 2.05) is 13.0 Å². The summed E-state index contributed by atoms with van der Waals surface area (Å²) in [5.74, 6) is 0.679. The molecule has 0 unspecified atom stereocenters. The van der Waals surface area contributed by atoms with Gasteiger partial charge >= 0.3 is 0 Å². The highest BCUT2D eigenvalue weighted by molar-refractivity contribution is 7.93. The number of rotatable bonds is 4. The van der Waals surface area contributed by atoms with Gasteiger partial charge in [0, 0.05) is 0 Å². The minimum Gasteiger partial charge on any atom is -0.496 e. The third-order valence-corrected chi connectivity index (χ3v) is 5.77. The molecule has 0 atom stereocenters. The minimum atomic E-state index is -3.55. The van der Waals surface area contributed by atoms with Gasteiger partial charge in [0.25, 0.3) is 0 Å². The molecule has 1 aliphatic rings.